The summed E-state index contributed by atoms with van der Waals surface area (Å²) in [5.74, 6) is -0.0542. The number of halogens is 1. The molecule has 1 atom stereocenters. The molecule has 2 fully saturated rings. The van der Waals surface area contributed by atoms with Crippen LogP contribution in [0, 0.1) is 5.82 Å². The Bertz CT molecular complexity index is 440. The lowest BCUT2D eigenvalue weighted by atomic mass is 10.1. The highest BCUT2D eigenvalue weighted by Gasteiger charge is 2.30. The van der Waals surface area contributed by atoms with E-state index in [0.29, 0.717) is 6.04 Å². The number of aryl methyl sites for hydroxylation is 1. The maximum atomic E-state index is 14.1. The van der Waals surface area contributed by atoms with E-state index in [-0.39, 0.29) is 5.82 Å². The molecular formula is C16H23FN2. The molecule has 3 heteroatoms. The number of benzene rings is 1. The van der Waals surface area contributed by atoms with Crippen molar-refractivity contribution in [2.24, 2.45) is 0 Å². The van der Waals surface area contributed by atoms with Gasteiger partial charge in [-0.15, -0.1) is 0 Å². The maximum absolute atomic E-state index is 14.1. The van der Waals surface area contributed by atoms with Gasteiger partial charge in [0.25, 0.3) is 0 Å². The zero-order chi connectivity index (χ0) is 13.2. The summed E-state index contributed by atoms with van der Waals surface area (Å²) in [4.78, 5) is 4.80. The summed E-state index contributed by atoms with van der Waals surface area (Å²) in [5.41, 5.74) is 1.87. The number of anilines is 1. The highest BCUT2D eigenvalue weighted by molar-refractivity contribution is 5.50. The lowest BCUT2D eigenvalue weighted by molar-refractivity contribution is 0.260. The fourth-order valence-electron chi connectivity index (χ4n) is 3.39. The molecule has 0 aromatic heterocycles. The van der Waals surface area contributed by atoms with Gasteiger partial charge in [0, 0.05) is 19.1 Å². The molecule has 2 aliphatic rings. The van der Waals surface area contributed by atoms with Crippen LogP contribution in [0.4, 0.5) is 10.1 Å². The molecule has 1 unspecified atom stereocenters. The van der Waals surface area contributed by atoms with Crippen molar-refractivity contribution in [2.45, 2.75) is 38.6 Å². The molecule has 2 aliphatic heterocycles. The second kappa shape index (κ2) is 5.49. The fraction of sp³-hybridized carbons (Fsp3) is 0.625. The van der Waals surface area contributed by atoms with Crippen LogP contribution in [0.1, 0.15) is 31.7 Å². The molecule has 0 N–H and O–H groups in total. The van der Waals surface area contributed by atoms with Crippen molar-refractivity contribution in [1.82, 2.24) is 4.90 Å². The third-order valence-corrected chi connectivity index (χ3v) is 4.58. The van der Waals surface area contributed by atoms with E-state index in [4.69, 9.17) is 0 Å². The standard InChI is InChI=1S/C16H23FN2/c1-2-13-5-6-16(15(17)11-13)19-10-7-14(12-19)18-8-3-4-9-18/h5-6,11,14H,2-4,7-10,12H2,1H3. The molecule has 1 aromatic carbocycles. The van der Waals surface area contributed by atoms with Crippen molar-refractivity contribution in [3.05, 3.63) is 29.6 Å². The number of hydrogen-bond acceptors (Lipinski definition) is 2. The van der Waals surface area contributed by atoms with Crippen LogP contribution < -0.4 is 4.90 Å². The Morgan fingerprint density at radius 3 is 2.68 bits per heavy atom. The molecule has 3 rings (SSSR count). The largest absolute Gasteiger partial charge is 0.368 e. The van der Waals surface area contributed by atoms with Crippen LogP contribution in [0.25, 0.3) is 0 Å². The van der Waals surface area contributed by atoms with Crippen molar-refractivity contribution < 1.29 is 4.39 Å². The van der Waals surface area contributed by atoms with Gasteiger partial charge < -0.3 is 4.90 Å². The smallest absolute Gasteiger partial charge is 0.146 e. The summed E-state index contributed by atoms with van der Waals surface area (Å²) < 4.78 is 14.1. The topological polar surface area (TPSA) is 6.48 Å². The Morgan fingerprint density at radius 2 is 2.00 bits per heavy atom. The molecular weight excluding hydrogens is 239 g/mol. The molecule has 0 aliphatic carbocycles. The van der Waals surface area contributed by atoms with Crippen LogP contribution in [-0.4, -0.2) is 37.1 Å². The predicted molar refractivity (Wildman–Crippen MR) is 77.2 cm³/mol. The van der Waals surface area contributed by atoms with E-state index in [9.17, 15) is 4.39 Å². The summed E-state index contributed by atoms with van der Waals surface area (Å²) >= 11 is 0. The highest BCUT2D eigenvalue weighted by atomic mass is 19.1. The van der Waals surface area contributed by atoms with Crippen molar-refractivity contribution in [1.29, 1.82) is 0 Å². The van der Waals surface area contributed by atoms with E-state index in [1.807, 2.05) is 6.07 Å². The molecule has 2 saturated heterocycles. The third kappa shape index (κ3) is 2.62. The van der Waals surface area contributed by atoms with Crippen LogP contribution in [-0.2, 0) is 6.42 Å². The molecule has 0 saturated carbocycles. The summed E-state index contributed by atoms with van der Waals surface area (Å²) in [7, 11) is 0. The third-order valence-electron chi connectivity index (χ3n) is 4.58. The van der Waals surface area contributed by atoms with Crippen LogP contribution in [0.5, 0.6) is 0 Å². The minimum atomic E-state index is -0.0542. The normalized spacial score (nSPS) is 24.3. The average molecular weight is 262 g/mol. The van der Waals surface area contributed by atoms with Gasteiger partial charge in [0.15, 0.2) is 0 Å². The first-order valence-electron chi connectivity index (χ1n) is 7.55. The summed E-state index contributed by atoms with van der Waals surface area (Å²) in [6.45, 7) is 6.51. The van der Waals surface area contributed by atoms with Gasteiger partial charge in [-0.3, -0.25) is 4.90 Å². The van der Waals surface area contributed by atoms with Gasteiger partial charge in [-0.1, -0.05) is 13.0 Å². The van der Waals surface area contributed by atoms with Gasteiger partial charge in [0.1, 0.15) is 5.82 Å². The highest BCUT2D eigenvalue weighted by Crippen LogP contribution is 2.27. The Kier molecular flexibility index (Phi) is 3.74. The lowest BCUT2D eigenvalue weighted by Gasteiger charge is -2.24. The van der Waals surface area contributed by atoms with Crippen molar-refractivity contribution in [2.75, 3.05) is 31.1 Å². The molecule has 104 valence electrons. The van der Waals surface area contributed by atoms with E-state index in [1.165, 1.54) is 32.4 Å². The minimum Gasteiger partial charge on any atom is -0.368 e. The fourth-order valence-corrected chi connectivity index (χ4v) is 3.39. The molecule has 1 aromatic rings. The summed E-state index contributed by atoms with van der Waals surface area (Å²) in [5, 5.41) is 0. The van der Waals surface area contributed by atoms with Crippen LogP contribution >= 0.6 is 0 Å². The van der Waals surface area contributed by atoms with E-state index in [0.717, 1.165) is 30.8 Å². The molecule has 0 bridgehead atoms. The van der Waals surface area contributed by atoms with Crippen molar-refractivity contribution in [3.63, 3.8) is 0 Å². The zero-order valence-corrected chi connectivity index (χ0v) is 11.7. The summed E-state index contributed by atoms with van der Waals surface area (Å²) in [6, 6.07) is 6.34. The quantitative estimate of drug-likeness (QED) is 0.826. The number of likely N-dealkylation sites (tertiary alicyclic amines) is 1. The Hall–Kier alpha value is -1.09. The average Bonchev–Trinajstić information content (AvgIpc) is 3.09. The van der Waals surface area contributed by atoms with E-state index in [2.05, 4.69) is 22.8 Å². The van der Waals surface area contributed by atoms with E-state index in [1.54, 1.807) is 6.07 Å². The number of nitrogens with zero attached hydrogens (tertiary/aromatic N) is 2. The van der Waals surface area contributed by atoms with Gasteiger partial charge in [-0.25, -0.2) is 4.39 Å². The maximum Gasteiger partial charge on any atom is 0.146 e. The number of rotatable bonds is 3. The predicted octanol–water partition coefficient (Wildman–Crippen LogP) is 3.06. The monoisotopic (exact) mass is 262 g/mol. The van der Waals surface area contributed by atoms with Gasteiger partial charge >= 0.3 is 0 Å². The molecule has 19 heavy (non-hydrogen) atoms. The van der Waals surface area contributed by atoms with Crippen LogP contribution in [0.2, 0.25) is 0 Å². The lowest BCUT2D eigenvalue weighted by Crippen LogP contribution is -2.35. The first kappa shape index (κ1) is 12.9. The van der Waals surface area contributed by atoms with Crippen LogP contribution in [0.3, 0.4) is 0 Å². The summed E-state index contributed by atoms with van der Waals surface area (Å²) in [6.07, 6.45) is 4.73. The first-order chi connectivity index (χ1) is 9.28. The number of hydrogen-bond donors (Lipinski definition) is 0. The van der Waals surface area contributed by atoms with Crippen molar-refractivity contribution in [3.8, 4) is 0 Å². The van der Waals surface area contributed by atoms with E-state index < -0.39 is 0 Å². The molecule has 0 spiro atoms. The Labute approximate surface area is 115 Å². The van der Waals surface area contributed by atoms with E-state index >= 15 is 0 Å². The Morgan fingerprint density at radius 1 is 1.21 bits per heavy atom. The SMILES string of the molecule is CCc1ccc(N2CCC(N3CCCC3)C2)c(F)c1. The Balaban J connectivity index is 1.70. The first-order valence-corrected chi connectivity index (χ1v) is 7.55. The molecule has 2 heterocycles. The second-order valence-electron chi connectivity index (χ2n) is 5.77. The van der Waals surface area contributed by atoms with Crippen molar-refractivity contribution >= 4 is 5.69 Å². The van der Waals surface area contributed by atoms with Gasteiger partial charge in [0.2, 0.25) is 0 Å². The second-order valence-corrected chi connectivity index (χ2v) is 5.77. The molecule has 2 nitrogen and oxygen atoms in total. The van der Waals surface area contributed by atoms with Crippen LogP contribution in [0.15, 0.2) is 18.2 Å². The van der Waals surface area contributed by atoms with Gasteiger partial charge in [-0.05, 0) is 56.5 Å². The van der Waals surface area contributed by atoms with Gasteiger partial charge in [0.05, 0.1) is 5.69 Å². The zero-order valence-electron chi connectivity index (χ0n) is 11.7. The molecule has 0 radical (unpaired) electrons. The molecule has 0 amide bonds. The minimum absolute atomic E-state index is 0.0542. The van der Waals surface area contributed by atoms with Gasteiger partial charge in [-0.2, -0.15) is 0 Å².